The minimum Gasteiger partial charge on any atom is -0.369 e. The van der Waals surface area contributed by atoms with Gasteiger partial charge in [0.1, 0.15) is 5.69 Å². The van der Waals surface area contributed by atoms with Crippen LogP contribution >= 0.6 is 0 Å². The molecule has 1 saturated heterocycles. The van der Waals surface area contributed by atoms with Gasteiger partial charge >= 0.3 is 6.18 Å². The number of rotatable bonds is 3. The van der Waals surface area contributed by atoms with E-state index in [9.17, 15) is 18.0 Å². The third kappa shape index (κ3) is 3.03. The van der Waals surface area contributed by atoms with Crippen LogP contribution < -0.4 is 10.6 Å². The Morgan fingerprint density at radius 2 is 2.12 bits per heavy atom. The van der Waals surface area contributed by atoms with Gasteiger partial charge in [-0.25, -0.2) is 9.97 Å². The smallest absolute Gasteiger partial charge is 0.369 e. The number of amides is 1. The van der Waals surface area contributed by atoms with Crippen molar-refractivity contribution in [2.75, 3.05) is 18.0 Å². The summed E-state index contributed by atoms with van der Waals surface area (Å²) < 4.78 is 40.0. The van der Waals surface area contributed by atoms with E-state index in [0.29, 0.717) is 6.54 Å². The van der Waals surface area contributed by atoms with Crippen molar-refractivity contribution in [3.63, 3.8) is 0 Å². The molecule has 0 spiro atoms. The quantitative estimate of drug-likeness (QED) is 0.898. The number of anilines is 1. The predicted molar refractivity (Wildman–Crippen MR) is 77.9 cm³/mol. The van der Waals surface area contributed by atoms with Gasteiger partial charge in [0.2, 0.25) is 11.9 Å². The summed E-state index contributed by atoms with van der Waals surface area (Å²) in [7, 11) is 1.74. The molecule has 1 amide bonds. The number of aryl methyl sites for hydroxylation is 1. The third-order valence-electron chi connectivity index (χ3n) is 4.05. The van der Waals surface area contributed by atoms with Gasteiger partial charge in [0.25, 0.3) is 0 Å². The van der Waals surface area contributed by atoms with Crippen molar-refractivity contribution in [1.82, 2.24) is 19.7 Å². The largest absolute Gasteiger partial charge is 0.433 e. The van der Waals surface area contributed by atoms with Crippen molar-refractivity contribution >= 4 is 11.9 Å². The van der Waals surface area contributed by atoms with E-state index >= 15 is 0 Å². The fourth-order valence-electron chi connectivity index (χ4n) is 2.88. The highest BCUT2D eigenvalue weighted by Gasteiger charge is 2.40. The topological polar surface area (TPSA) is 89.9 Å². The Morgan fingerprint density at radius 1 is 1.38 bits per heavy atom. The van der Waals surface area contributed by atoms with E-state index in [2.05, 4.69) is 15.1 Å². The summed E-state index contributed by atoms with van der Waals surface area (Å²) in [5.41, 5.74) is 5.24. The maximum Gasteiger partial charge on any atom is 0.433 e. The number of aromatic nitrogens is 4. The van der Waals surface area contributed by atoms with Crippen LogP contribution in [0.4, 0.5) is 19.1 Å². The summed E-state index contributed by atoms with van der Waals surface area (Å²) in [6, 6.07) is 0.809. The Kier molecular flexibility index (Phi) is 3.90. The Labute approximate surface area is 135 Å². The van der Waals surface area contributed by atoms with E-state index in [-0.39, 0.29) is 18.4 Å². The molecule has 1 fully saturated rings. The fraction of sp³-hybridized carbons (Fsp3) is 0.429. The van der Waals surface area contributed by atoms with Crippen LogP contribution in [0.2, 0.25) is 0 Å². The molecule has 0 radical (unpaired) electrons. The number of alkyl halides is 3. The van der Waals surface area contributed by atoms with Crippen LogP contribution in [0.15, 0.2) is 24.7 Å². The summed E-state index contributed by atoms with van der Waals surface area (Å²) in [4.78, 5) is 20.8. The standard InChI is InChI=1S/C14H15F3N6O/c1-22-5-8(4-20-22)9-6-23(7-10(9)12(18)24)13-19-3-2-11(21-13)14(15,16)17/h2-5,9-10H,6-7H2,1H3,(H2,18,24)/t9-,10+/m1/s1. The molecular weight excluding hydrogens is 325 g/mol. The number of primary amides is 1. The Morgan fingerprint density at radius 3 is 2.71 bits per heavy atom. The van der Waals surface area contributed by atoms with E-state index in [1.807, 2.05) is 0 Å². The third-order valence-corrected chi connectivity index (χ3v) is 4.05. The summed E-state index contributed by atoms with van der Waals surface area (Å²) in [6.45, 7) is 0.455. The molecule has 0 unspecified atom stereocenters. The minimum atomic E-state index is -4.55. The average Bonchev–Trinajstić information content (AvgIpc) is 3.12. The summed E-state index contributed by atoms with van der Waals surface area (Å²) in [5.74, 6) is -1.40. The zero-order valence-corrected chi connectivity index (χ0v) is 12.7. The average molecular weight is 340 g/mol. The van der Waals surface area contributed by atoms with E-state index in [0.717, 1.165) is 17.8 Å². The van der Waals surface area contributed by atoms with E-state index in [1.54, 1.807) is 29.0 Å². The molecule has 1 aliphatic heterocycles. The Balaban J connectivity index is 1.90. The number of nitrogens with two attached hydrogens (primary N) is 1. The molecule has 7 nitrogen and oxygen atoms in total. The summed E-state index contributed by atoms with van der Waals surface area (Å²) >= 11 is 0. The van der Waals surface area contributed by atoms with Gasteiger partial charge in [0, 0.05) is 38.4 Å². The minimum absolute atomic E-state index is 0.0672. The molecule has 2 aromatic rings. The molecule has 0 aromatic carbocycles. The van der Waals surface area contributed by atoms with Gasteiger partial charge in [-0.05, 0) is 11.6 Å². The van der Waals surface area contributed by atoms with Crippen LogP contribution in [0.25, 0.3) is 0 Å². The lowest BCUT2D eigenvalue weighted by molar-refractivity contribution is -0.141. The van der Waals surface area contributed by atoms with Crippen LogP contribution in [-0.4, -0.2) is 38.7 Å². The van der Waals surface area contributed by atoms with Gasteiger partial charge in [0.15, 0.2) is 0 Å². The highest BCUT2D eigenvalue weighted by atomic mass is 19.4. The van der Waals surface area contributed by atoms with Crippen LogP contribution in [0.1, 0.15) is 17.2 Å². The van der Waals surface area contributed by atoms with Crippen molar-refractivity contribution in [1.29, 1.82) is 0 Å². The molecule has 2 atom stereocenters. The van der Waals surface area contributed by atoms with Crippen LogP contribution in [0.5, 0.6) is 0 Å². The number of nitrogens with zero attached hydrogens (tertiary/aromatic N) is 5. The van der Waals surface area contributed by atoms with Crippen LogP contribution in [0.3, 0.4) is 0 Å². The monoisotopic (exact) mass is 340 g/mol. The predicted octanol–water partition coefficient (Wildman–Crippen LogP) is 0.934. The molecule has 3 heterocycles. The Bertz CT molecular complexity index is 759. The number of hydrogen-bond donors (Lipinski definition) is 1. The molecule has 0 bridgehead atoms. The number of hydrogen-bond acceptors (Lipinski definition) is 5. The van der Waals surface area contributed by atoms with E-state index in [1.165, 1.54) is 0 Å². The highest BCUT2D eigenvalue weighted by Crippen LogP contribution is 2.35. The maximum atomic E-state index is 12.8. The second-order valence-electron chi connectivity index (χ2n) is 5.71. The van der Waals surface area contributed by atoms with Crippen molar-refractivity contribution in [2.24, 2.45) is 18.7 Å². The molecule has 2 aromatic heterocycles. The summed E-state index contributed by atoms with van der Waals surface area (Å²) in [6.07, 6.45) is -0.112. The van der Waals surface area contributed by atoms with E-state index < -0.39 is 23.7 Å². The summed E-state index contributed by atoms with van der Waals surface area (Å²) in [5, 5.41) is 4.07. The van der Waals surface area contributed by atoms with Gasteiger partial charge < -0.3 is 10.6 Å². The van der Waals surface area contributed by atoms with Crippen LogP contribution in [0, 0.1) is 5.92 Å². The van der Waals surface area contributed by atoms with Gasteiger partial charge in [-0.1, -0.05) is 0 Å². The first kappa shape index (κ1) is 16.2. The lowest BCUT2D eigenvalue weighted by Crippen LogP contribution is -2.29. The molecule has 24 heavy (non-hydrogen) atoms. The van der Waals surface area contributed by atoms with Gasteiger partial charge in [-0.3, -0.25) is 9.48 Å². The van der Waals surface area contributed by atoms with Crippen LogP contribution in [-0.2, 0) is 18.0 Å². The second kappa shape index (κ2) is 5.77. The Hall–Kier alpha value is -2.65. The van der Waals surface area contributed by atoms with Gasteiger partial charge in [0.05, 0.1) is 12.1 Å². The molecule has 1 aliphatic rings. The highest BCUT2D eigenvalue weighted by molar-refractivity contribution is 5.79. The first-order valence-corrected chi connectivity index (χ1v) is 7.18. The number of halogens is 3. The zero-order valence-electron chi connectivity index (χ0n) is 12.7. The van der Waals surface area contributed by atoms with Crippen molar-refractivity contribution in [3.05, 3.63) is 35.9 Å². The van der Waals surface area contributed by atoms with Crippen molar-refractivity contribution in [3.8, 4) is 0 Å². The van der Waals surface area contributed by atoms with Crippen molar-refractivity contribution < 1.29 is 18.0 Å². The normalized spacial score (nSPS) is 21.2. The van der Waals surface area contributed by atoms with Gasteiger partial charge in [-0.2, -0.15) is 18.3 Å². The molecule has 10 heteroatoms. The first-order chi connectivity index (χ1) is 11.3. The zero-order chi connectivity index (χ0) is 17.5. The molecule has 0 saturated carbocycles. The lowest BCUT2D eigenvalue weighted by atomic mass is 9.90. The molecule has 0 aliphatic carbocycles. The molecule has 3 rings (SSSR count). The lowest BCUT2D eigenvalue weighted by Gasteiger charge is -2.17. The first-order valence-electron chi connectivity index (χ1n) is 7.18. The number of carbonyl (C=O) groups is 1. The maximum absolute atomic E-state index is 12.8. The fourth-order valence-corrected chi connectivity index (χ4v) is 2.88. The van der Waals surface area contributed by atoms with Gasteiger partial charge in [-0.15, -0.1) is 0 Å². The second-order valence-corrected chi connectivity index (χ2v) is 5.71. The number of carbonyl (C=O) groups excluding carboxylic acids is 1. The molecule has 2 N–H and O–H groups in total. The molecular formula is C14H15F3N6O. The molecule has 128 valence electrons. The van der Waals surface area contributed by atoms with Crippen molar-refractivity contribution in [2.45, 2.75) is 12.1 Å². The van der Waals surface area contributed by atoms with E-state index in [4.69, 9.17) is 5.73 Å². The SMILES string of the molecule is Cn1cc([C@H]2CN(c3nccc(C(F)(F)F)n3)C[C@@H]2C(N)=O)cn1.